The number of rotatable bonds is 4. The van der Waals surface area contributed by atoms with Gasteiger partial charge in [0.2, 0.25) is 0 Å². The van der Waals surface area contributed by atoms with Crippen LogP contribution >= 0.6 is 0 Å². The van der Waals surface area contributed by atoms with Crippen molar-refractivity contribution in [3.63, 3.8) is 0 Å². The van der Waals surface area contributed by atoms with Gasteiger partial charge in [-0.25, -0.2) is 4.79 Å². The molecule has 0 unspecified atom stereocenters. The van der Waals surface area contributed by atoms with Crippen LogP contribution in [-0.2, 0) is 11.3 Å². The fourth-order valence-electron chi connectivity index (χ4n) is 2.16. The minimum atomic E-state index is -0.877. The first-order valence-corrected chi connectivity index (χ1v) is 6.84. The predicted octanol–water partition coefficient (Wildman–Crippen LogP) is 1.50. The van der Waals surface area contributed by atoms with Crippen molar-refractivity contribution in [2.75, 3.05) is 27.2 Å². The molecule has 2 rings (SSSR count). The summed E-state index contributed by atoms with van der Waals surface area (Å²) in [4.78, 5) is 22.5. The van der Waals surface area contributed by atoms with Crippen molar-refractivity contribution in [1.82, 2.24) is 9.80 Å². The number of benzene rings is 1. The third kappa shape index (κ3) is 5.25. The number of amides is 1. The number of ether oxygens (including phenoxy) is 1. The Bertz CT molecular complexity index is 513. The molecule has 1 aliphatic heterocycles. The van der Waals surface area contributed by atoms with Gasteiger partial charge in [-0.05, 0) is 38.2 Å². The Morgan fingerprint density at radius 2 is 2.05 bits per heavy atom. The Hall–Kier alpha value is -2.28. The van der Waals surface area contributed by atoms with Gasteiger partial charge in [-0.3, -0.25) is 4.79 Å². The number of nitrogens with zero attached hydrogens (tertiary/aromatic N) is 2. The zero-order valence-electron chi connectivity index (χ0n) is 13.0. The number of carbonyl (C=O) groups is 2. The molecule has 2 N–H and O–H groups in total. The van der Waals surface area contributed by atoms with E-state index in [1.165, 1.54) is 10.5 Å². The molecule has 1 aliphatic rings. The van der Waals surface area contributed by atoms with Crippen molar-refractivity contribution < 1.29 is 24.5 Å². The molecular formula is C15H22N2O5. The summed E-state index contributed by atoms with van der Waals surface area (Å²) in [5.41, 5.74) is 2.34. The van der Waals surface area contributed by atoms with Crippen LogP contribution in [0.2, 0.25) is 0 Å². The molecule has 0 aromatic heterocycles. The molecule has 22 heavy (non-hydrogen) atoms. The first-order chi connectivity index (χ1) is 10.4. The molecule has 1 aromatic rings. The highest BCUT2D eigenvalue weighted by molar-refractivity contribution is 5.66. The molecule has 1 fully saturated rings. The van der Waals surface area contributed by atoms with Crippen LogP contribution in [0.15, 0.2) is 18.2 Å². The van der Waals surface area contributed by atoms with Gasteiger partial charge in [-0.1, -0.05) is 12.1 Å². The Morgan fingerprint density at radius 3 is 2.50 bits per heavy atom. The van der Waals surface area contributed by atoms with Gasteiger partial charge in [-0.2, -0.15) is 0 Å². The van der Waals surface area contributed by atoms with Crippen LogP contribution in [0.3, 0.4) is 0 Å². The van der Waals surface area contributed by atoms with Gasteiger partial charge in [0.05, 0.1) is 13.1 Å². The Kier molecular flexibility index (Phi) is 6.65. The van der Waals surface area contributed by atoms with E-state index >= 15 is 0 Å². The number of hydrogen-bond donors (Lipinski definition) is 2. The van der Waals surface area contributed by atoms with Crippen LogP contribution in [0.4, 0.5) is 4.79 Å². The molecule has 7 nitrogen and oxygen atoms in total. The summed E-state index contributed by atoms with van der Waals surface area (Å²) in [5, 5.41) is 15.6. The molecule has 1 aromatic carbocycles. The predicted molar refractivity (Wildman–Crippen MR) is 81.3 cm³/mol. The molecule has 1 saturated heterocycles. The molecular weight excluding hydrogens is 288 g/mol. The third-order valence-electron chi connectivity index (χ3n) is 3.15. The van der Waals surface area contributed by atoms with E-state index in [2.05, 4.69) is 17.0 Å². The molecule has 1 heterocycles. The van der Waals surface area contributed by atoms with Gasteiger partial charge in [0.15, 0.2) is 0 Å². The topological polar surface area (TPSA) is 90.3 Å². The van der Waals surface area contributed by atoms with Gasteiger partial charge >= 0.3 is 6.09 Å². The molecule has 0 spiro atoms. The number of hydrogen-bond acceptors (Lipinski definition) is 4. The molecule has 0 aliphatic carbocycles. The minimum absolute atomic E-state index is 0.0190. The quantitative estimate of drug-likeness (QED) is 0.819. The van der Waals surface area contributed by atoms with Crippen molar-refractivity contribution >= 4 is 12.6 Å². The van der Waals surface area contributed by atoms with E-state index in [-0.39, 0.29) is 12.6 Å². The SMILES string of the molecule is Cc1cc(CN(C)C)ccc1OC1CN(C(=O)O)C1.O=CO. The van der Waals surface area contributed by atoms with E-state index in [0.717, 1.165) is 17.9 Å². The number of likely N-dealkylation sites (tertiary alicyclic amines) is 1. The first kappa shape index (κ1) is 17.8. The van der Waals surface area contributed by atoms with Crippen LogP contribution < -0.4 is 4.74 Å². The summed E-state index contributed by atoms with van der Waals surface area (Å²) in [6, 6.07) is 6.14. The lowest BCUT2D eigenvalue weighted by Crippen LogP contribution is -2.55. The third-order valence-corrected chi connectivity index (χ3v) is 3.15. The van der Waals surface area contributed by atoms with Crippen LogP contribution in [0.1, 0.15) is 11.1 Å². The maximum atomic E-state index is 10.7. The molecule has 1 amide bonds. The van der Waals surface area contributed by atoms with E-state index in [4.69, 9.17) is 19.7 Å². The fraction of sp³-hybridized carbons (Fsp3) is 0.467. The van der Waals surface area contributed by atoms with Gasteiger partial charge in [0, 0.05) is 6.54 Å². The number of carboxylic acid groups (broad SMARTS) is 2. The van der Waals surface area contributed by atoms with Crippen LogP contribution in [0, 0.1) is 6.92 Å². The Morgan fingerprint density at radius 1 is 1.45 bits per heavy atom. The van der Waals surface area contributed by atoms with Crippen molar-refractivity contribution in [2.45, 2.75) is 19.6 Å². The first-order valence-electron chi connectivity index (χ1n) is 6.84. The maximum absolute atomic E-state index is 10.7. The summed E-state index contributed by atoms with van der Waals surface area (Å²) >= 11 is 0. The second kappa shape index (κ2) is 8.23. The Labute approximate surface area is 129 Å². The maximum Gasteiger partial charge on any atom is 0.407 e. The second-order valence-electron chi connectivity index (χ2n) is 5.37. The molecule has 0 bridgehead atoms. The van der Waals surface area contributed by atoms with Gasteiger partial charge in [0.25, 0.3) is 6.47 Å². The van der Waals surface area contributed by atoms with E-state index in [9.17, 15) is 4.79 Å². The Balaban J connectivity index is 0.000000745. The average molecular weight is 310 g/mol. The van der Waals surface area contributed by atoms with E-state index in [0.29, 0.717) is 13.1 Å². The summed E-state index contributed by atoms with van der Waals surface area (Å²) in [5.74, 6) is 0.845. The van der Waals surface area contributed by atoms with Crippen LogP contribution in [0.25, 0.3) is 0 Å². The van der Waals surface area contributed by atoms with Crippen molar-refractivity contribution in [1.29, 1.82) is 0 Å². The highest BCUT2D eigenvalue weighted by Crippen LogP contribution is 2.23. The minimum Gasteiger partial charge on any atom is -0.486 e. The average Bonchev–Trinajstić information content (AvgIpc) is 2.35. The summed E-state index contributed by atoms with van der Waals surface area (Å²) in [7, 11) is 4.07. The lowest BCUT2D eigenvalue weighted by molar-refractivity contribution is -0.122. The summed E-state index contributed by atoms with van der Waals surface area (Å²) in [6.45, 7) is 3.57. The van der Waals surface area contributed by atoms with E-state index in [1.54, 1.807) is 0 Å². The van der Waals surface area contributed by atoms with Gasteiger partial charge < -0.3 is 24.7 Å². The van der Waals surface area contributed by atoms with E-state index in [1.807, 2.05) is 27.1 Å². The molecule has 0 atom stereocenters. The molecule has 0 saturated carbocycles. The van der Waals surface area contributed by atoms with Crippen LogP contribution in [0.5, 0.6) is 5.75 Å². The standard InChI is InChI=1S/C14H20N2O3.CH2O2/c1-10-6-11(7-15(2)3)4-5-13(10)19-12-8-16(9-12)14(17)18;2-1-3/h4-6,12H,7-9H2,1-3H3,(H,17,18);1H,(H,2,3). The second-order valence-corrected chi connectivity index (χ2v) is 5.37. The summed E-state index contributed by atoms with van der Waals surface area (Å²) in [6.07, 6.45) is -0.896. The van der Waals surface area contributed by atoms with Crippen molar-refractivity contribution in [2.24, 2.45) is 0 Å². The van der Waals surface area contributed by atoms with Gasteiger partial charge in [-0.15, -0.1) is 0 Å². The van der Waals surface area contributed by atoms with E-state index < -0.39 is 6.09 Å². The van der Waals surface area contributed by atoms with Crippen molar-refractivity contribution in [3.8, 4) is 5.75 Å². The van der Waals surface area contributed by atoms with Gasteiger partial charge in [0.1, 0.15) is 11.9 Å². The number of aryl methyl sites for hydroxylation is 1. The highest BCUT2D eigenvalue weighted by atomic mass is 16.5. The summed E-state index contributed by atoms with van der Waals surface area (Å²) < 4.78 is 5.80. The molecule has 7 heteroatoms. The molecule has 122 valence electrons. The zero-order chi connectivity index (χ0) is 16.7. The fourth-order valence-corrected chi connectivity index (χ4v) is 2.16. The monoisotopic (exact) mass is 310 g/mol. The smallest absolute Gasteiger partial charge is 0.407 e. The van der Waals surface area contributed by atoms with Crippen LogP contribution in [-0.4, -0.2) is 65.9 Å². The largest absolute Gasteiger partial charge is 0.486 e. The van der Waals surface area contributed by atoms with Crippen molar-refractivity contribution in [3.05, 3.63) is 29.3 Å². The molecule has 0 radical (unpaired) electrons. The lowest BCUT2D eigenvalue weighted by atomic mass is 10.1. The zero-order valence-corrected chi connectivity index (χ0v) is 13.0. The lowest BCUT2D eigenvalue weighted by Gasteiger charge is -2.37. The normalized spacial score (nSPS) is 13.9. The highest BCUT2D eigenvalue weighted by Gasteiger charge is 2.32.